The van der Waals surface area contributed by atoms with Crippen molar-refractivity contribution in [2.24, 2.45) is 7.05 Å². The number of sulfonamides is 1. The molecule has 3 aromatic rings. The van der Waals surface area contributed by atoms with Crippen LogP contribution < -0.4 is 10.3 Å². The highest BCUT2D eigenvalue weighted by Gasteiger charge is 2.19. The van der Waals surface area contributed by atoms with E-state index in [2.05, 4.69) is 9.82 Å². The van der Waals surface area contributed by atoms with Gasteiger partial charge >= 0.3 is 0 Å². The molecule has 7 nitrogen and oxygen atoms in total. The first-order valence-corrected chi connectivity index (χ1v) is 8.42. The highest BCUT2D eigenvalue weighted by molar-refractivity contribution is 7.92. The van der Waals surface area contributed by atoms with Crippen LogP contribution >= 0.6 is 0 Å². The van der Waals surface area contributed by atoms with Crippen molar-refractivity contribution in [2.45, 2.75) is 18.7 Å². The number of nitrogens with one attached hydrogen (secondary N) is 1. The molecular weight excluding hydrogens is 316 g/mol. The lowest BCUT2D eigenvalue weighted by atomic mass is 10.2. The zero-order chi connectivity index (χ0) is 16.8. The molecule has 8 heteroatoms. The summed E-state index contributed by atoms with van der Waals surface area (Å²) in [7, 11) is -2.26. The second-order valence-corrected chi connectivity index (χ2v) is 7.06. The van der Waals surface area contributed by atoms with E-state index < -0.39 is 10.0 Å². The summed E-state index contributed by atoms with van der Waals surface area (Å²) in [6.45, 7) is 3.58. The molecule has 0 saturated carbocycles. The summed E-state index contributed by atoms with van der Waals surface area (Å²) in [5.74, 6) is 0.527. The van der Waals surface area contributed by atoms with E-state index >= 15 is 0 Å². The molecule has 0 unspecified atom stereocenters. The maximum absolute atomic E-state index is 12.5. The molecule has 0 fully saturated rings. The Morgan fingerprint density at radius 1 is 1.17 bits per heavy atom. The standard InChI is InChI=1S/C15H16N4O3S/c1-10-5-4-6-12(7-10)17-23(21,22)13-8-14-15(20)18(3)16-11(2)19(14)9-13/h4-9,17H,1-3H3. The van der Waals surface area contributed by atoms with Crippen molar-refractivity contribution >= 4 is 21.2 Å². The van der Waals surface area contributed by atoms with Gasteiger partial charge in [-0.25, -0.2) is 13.1 Å². The maximum Gasteiger partial charge on any atom is 0.290 e. The van der Waals surface area contributed by atoms with Gasteiger partial charge in [0.1, 0.15) is 16.2 Å². The first kappa shape index (κ1) is 15.3. The molecule has 2 heterocycles. The van der Waals surface area contributed by atoms with E-state index in [-0.39, 0.29) is 16.0 Å². The van der Waals surface area contributed by atoms with Crippen molar-refractivity contribution in [1.82, 2.24) is 14.2 Å². The van der Waals surface area contributed by atoms with Crippen molar-refractivity contribution in [2.75, 3.05) is 4.72 Å². The van der Waals surface area contributed by atoms with E-state index in [4.69, 9.17) is 0 Å². The zero-order valence-electron chi connectivity index (χ0n) is 12.9. The van der Waals surface area contributed by atoms with E-state index in [9.17, 15) is 13.2 Å². The molecule has 1 N–H and O–H groups in total. The third-order valence-electron chi connectivity index (χ3n) is 3.53. The smallest absolute Gasteiger partial charge is 0.290 e. The lowest BCUT2D eigenvalue weighted by Crippen LogP contribution is -2.22. The number of nitrogens with zero attached hydrogens (tertiary/aromatic N) is 3. The van der Waals surface area contributed by atoms with Gasteiger partial charge in [0.2, 0.25) is 0 Å². The fourth-order valence-corrected chi connectivity index (χ4v) is 3.48. The number of fused-ring (bicyclic) bond motifs is 1. The van der Waals surface area contributed by atoms with Crippen LogP contribution in [-0.4, -0.2) is 22.6 Å². The average molecular weight is 332 g/mol. The van der Waals surface area contributed by atoms with Crippen LogP contribution in [-0.2, 0) is 17.1 Å². The molecule has 23 heavy (non-hydrogen) atoms. The molecule has 0 aliphatic heterocycles. The van der Waals surface area contributed by atoms with E-state index in [0.717, 1.165) is 5.56 Å². The van der Waals surface area contributed by atoms with Crippen LogP contribution in [0, 0.1) is 13.8 Å². The maximum atomic E-state index is 12.5. The molecule has 0 aliphatic rings. The van der Waals surface area contributed by atoms with Crippen molar-refractivity contribution in [3.8, 4) is 0 Å². The third kappa shape index (κ3) is 2.72. The summed E-state index contributed by atoms with van der Waals surface area (Å²) < 4.78 is 30.3. The van der Waals surface area contributed by atoms with E-state index in [1.807, 2.05) is 13.0 Å². The van der Waals surface area contributed by atoms with E-state index in [1.54, 1.807) is 25.1 Å². The Morgan fingerprint density at radius 2 is 1.91 bits per heavy atom. The van der Waals surface area contributed by atoms with Crippen LogP contribution in [0.2, 0.25) is 0 Å². The average Bonchev–Trinajstić information content (AvgIpc) is 2.91. The Hall–Kier alpha value is -2.61. The Morgan fingerprint density at radius 3 is 2.61 bits per heavy atom. The van der Waals surface area contributed by atoms with E-state index in [1.165, 1.54) is 28.4 Å². The van der Waals surface area contributed by atoms with Crippen LogP contribution in [0.25, 0.3) is 5.52 Å². The quantitative estimate of drug-likeness (QED) is 0.786. The predicted molar refractivity (Wildman–Crippen MR) is 87.2 cm³/mol. The molecule has 3 rings (SSSR count). The minimum absolute atomic E-state index is 0.0206. The molecule has 0 saturated heterocycles. The third-order valence-corrected chi connectivity index (χ3v) is 4.88. The van der Waals surface area contributed by atoms with Gasteiger partial charge < -0.3 is 0 Å². The summed E-state index contributed by atoms with van der Waals surface area (Å²) in [5, 5.41) is 4.04. The van der Waals surface area contributed by atoms with Crippen molar-refractivity contribution in [3.63, 3.8) is 0 Å². The minimum Gasteiger partial charge on any atom is -0.298 e. The molecule has 0 aliphatic carbocycles. The van der Waals surface area contributed by atoms with Crippen LogP contribution in [0.5, 0.6) is 0 Å². The number of rotatable bonds is 3. The van der Waals surface area contributed by atoms with Gasteiger partial charge in [-0.3, -0.25) is 13.9 Å². The normalized spacial score (nSPS) is 11.8. The van der Waals surface area contributed by atoms with Crippen LogP contribution in [0.1, 0.15) is 11.4 Å². The number of benzene rings is 1. The van der Waals surface area contributed by atoms with Gasteiger partial charge in [-0.2, -0.15) is 5.10 Å². The van der Waals surface area contributed by atoms with Gasteiger partial charge in [-0.05, 0) is 37.6 Å². The summed E-state index contributed by atoms with van der Waals surface area (Å²) >= 11 is 0. The SMILES string of the molecule is Cc1cccc(NS(=O)(=O)c2cc3c(=O)n(C)nc(C)n3c2)c1. The number of aryl methyl sites for hydroxylation is 3. The Kier molecular flexibility index (Phi) is 3.48. The molecule has 2 aromatic heterocycles. The number of anilines is 1. The number of hydrogen-bond acceptors (Lipinski definition) is 4. The first-order valence-electron chi connectivity index (χ1n) is 6.93. The van der Waals surface area contributed by atoms with Gasteiger partial charge in [0.25, 0.3) is 15.6 Å². The highest BCUT2D eigenvalue weighted by Crippen LogP contribution is 2.19. The highest BCUT2D eigenvalue weighted by atomic mass is 32.2. The summed E-state index contributed by atoms with van der Waals surface area (Å²) in [6.07, 6.45) is 1.40. The molecule has 0 spiro atoms. The second kappa shape index (κ2) is 5.24. The van der Waals surface area contributed by atoms with Crippen LogP contribution in [0.15, 0.2) is 46.2 Å². The van der Waals surface area contributed by atoms with Crippen molar-refractivity contribution in [3.05, 3.63) is 58.3 Å². The van der Waals surface area contributed by atoms with Crippen molar-refractivity contribution < 1.29 is 8.42 Å². The molecule has 0 amide bonds. The minimum atomic E-state index is -3.79. The molecule has 0 radical (unpaired) electrons. The van der Waals surface area contributed by atoms with Gasteiger partial charge in [0.05, 0.1) is 0 Å². The number of hydrogen-bond donors (Lipinski definition) is 1. The Bertz CT molecular complexity index is 1060. The van der Waals surface area contributed by atoms with E-state index in [0.29, 0.717) is 11.5 Å². The first-order chi connectivity index (χ1) is 10.8. The number of aromatic nitrogens is 3. The van der Waals surface area contributed by atoms with Gasteiger partial charge in [-0.1, -0.05) is 12.1 Å². The van der Waals surface area contributed by atoms with Crippen LogP contribution in [0.3, 0.4) is 0 Å². The zero-order valence-corrected chi connectivity index (χ0v) is 13.8. The lowest BCUT2D eigenvalue weighted by molar-refractivity contribution is 0.601. The summed E-state index contributed by atoms with van der Waals surface area (Å²) in [4.78, 5) is 12.1. The summed E-state index contributed by atoms with van der Waals surface area (Å²) in [5.41, 5.74) is 1.33. The molecule has 0 bridgehead atoms. The lowest BCUT2D eigenvalue weighted by Gasteiger charge is -2.06. The van der Waals surface area contributed by atoms with Gasteiger partial charge in [0.15, 0.2) is 0 Å². The Balaban J connectivity index is 2.10. The summed E-state index contributed by atoms with van der Waals surface area (Å²) in [6, 6.07) is 8.41. The topological polar surface area (TPSA) is 85.5 Å². The second-order valence-electron chi connectivity index (χ2n) is 5.38. The molecule has 120 valence electrons. The fraction of sp³-hybridized carbons (Fsp3) is 0.200. The van der Waals surface area contributed by atoms with Crippen LogP contribution in [0.4, 0.5) is 5.69 Å². The van der Waals surface area contributed by atoms with Crippen molar-refractivity contribution in [1.29, 1.82) is 0 Å². The molecular formula is C15H16N4O3S. The van der Waals surface area contributed by atoms with Gasteiger partial charge in [-0.15, -0.1) is 0 Å². The monoisotopic (exact) mass is 332 g/mol. The Labute approximate surface area is 133 Å². The predicted octanol–water partition coefficient (Wildman–Crippen LogP) is 1.45. The fourth-order valence-electron chi connectivity index (χ4n) is 2.42. The molecule has 0 atom stereocenters. The largest absolute Gasteiger partial charge is 0.298 e. The molecule has 1 aromatic carbocycles. The van der Waals surface area contributed by atoms with Gasteiger partial charge in [0, 0.05) is 18.9 Å².